The highest BCUT2D eigenvalue weighted by atomic mass is 32.2. The third-order valence-electron chi connectivity index (χ3n) is 3.38. The molecule has 104 valence electrons. The van der Waals surface area contributed by atoms with E-state index in [9.17, 15) is 18.0 Å². The minimum atomic E-state index is -4.51. The molecule has 0 bridgehead atoms. The summed E-state index contributed by atoms with van der Waals surface area (Å²) in [6.45, 7) is 3.70. The molecular weight excluding hydrogens is 277 g/mol. The number of benzene rings is 1. The summed E-state index contributed by atoms with van der Waals surface area (Å²) < 4.78 is 38.8. The van der Waals surface area contributed by atoms with E-state index in [4.69, 9.17) is 5.11 Å². The average molecular weight is 290 g/mol. The molecule has 1 aromatic rings. The summed E-state index contributed by atoms with van der Waals surface area (Å²) in [5, 5.41) is 7.13. The Hall–Kier alpha value is -1.17. The summed E-state index contributed by atoms with van der Waals surface area (Å²) in [7, 11) is 0. The van der Waals surface area contributed by atoms with Crippen LogP contribution in [0, 0.1) is 19.8 Å². The number of carboxylic acids is 1. The number of hydrogen-bond donors (Lipinski definition) is 1. The van der Waals surface area contributed by atoms with Crippen molar-refractivity contribution in [2.75, 3.05) is 0 Å². The number of aliphatic carboxylic acids is 1. The fourth-order valence-electron chi connectivity index (χ4n) is 2.19. The van der Waals surface area contributed by atoms with E-state index in [1.807, 2.05) is 13.8 Å². The summed E-state index contributed by atoms with van der Waals surface area (Å²) in [6, 6.07) is 3.51. The zero-order chi connectivity index (χ0) is 14.4. The van der Waals surface area contributed by atoms with Crippen LogP contribution in [0.4, 0.5) is 13.2 Å². The second-order valence-electron chi connectivity index (χ2n) is 4.77. The normalized spacial score (nSPS) is 23.0. The first-order valence-corrected chi connectivity index (χ1v) is 6.64. The van der Waals surface area contributed by atoms with Crippen molar-refractivity contribution in [3.63, 3.8) is 0 Å². The minimum absolute atomic E-state index is 0.0665. The lowest BCUT2D eigenvalue weighted by Gasteiger charge is -2.31. The van der Waals surface area contributed by atoms with E-state index in [2.05, 4.69) is 0 Å². The molecule has 6 heteroatoms. The van der Waals surface area contributed by atoms with Gasteiger partial charge in [-0.05, 0) is 43.0 Å². The van der Waals surface area contributed by atoms with Crippen LogP contribution in [0.5, 0.6) is 0 Å². The Morgan fingerprint density at radius 1 is 1.32 bits per heavy atom. The number of hydrogen-bond acceptors (Lipinski definition) is 2. The van der Waals surface area contributed by atoms with Crippen LogP contribution >= 0.6 is 11.8 Å². The minimum Gasteiger partial charge on any atom is -0.481 e. The van der Waals surface area contributed by atoms with Crippen LogP contribution in [-0.4, -0.2) is 22.5 Å². The summed E-state index contributed by atoms with van der Waals surface area (Å²) in [5.74, 6) is -2.81. The molecule has 1 heterocycles. The molecule has 0 aliphatic carbocycles. The van der Waals surface area contributed by atoms with Gasteiger partial charge in [-0.15, -0.1) is 11.8 Å². The maximum absolute atomic E-state index is 12.9. The number of alkyl halides is 3. The van der Waals surface area contributed by atoms with Crippen LogP contribution in [0.1, 0.15) is 16.7 Å². The predicted octanol–water partition coefficient (Wildman–Crippen LogP) is 3.58. The van der Waals surface area contributed by atoms with Crippen LogP contribution in [0.2, 0.25) is 0 Å². The van der Waals surface area contributed by atoms with Gasteiger partial charge in [0.15, 0.2) is 0 Å². The molecule has 2 nitrogen and oxygen atoms in total. The first kappa shape index (κ1) is 14.2. The molecule has 1 N–H and O–H groups in total. The van der Waals surface area contributed by atoms with Gasteiger partial charge in [-0.3, -0.25) is 4.79 Å². The lowest BCUT2D eigenvalue weighted by molar-refractivity contribution is -0.160. The number of thioether (sulfide) groups is 1. The Labute approximate surface area is 113 Å². The maximum atomic E-state index is 12.9. The Bertz CT molecular complexity index is 525. The summed E-state index contributed by atoms with van der Waals surface area (Å²) in [5.41, 5.74) is 2.58. The van der Waals surface area contributed by atoms with Crippen molar-refractivity contribution in [3.8, 4) is 0 Å². The molecule has 0 radical (unpaired) electrons. The van der Waals surface area contributed by atoms with Crippen molar-refractivity contribution in [3.05, 3.63) is 28.8 Å². The molecule has 2 rings (SSSR count). The molecule has 0 unspecified atom stereocenters. The number of carboxylic acid groups (broad SMARTS) is 1. The molecule has 0 saturated heterocycles. The van der Waals surface area contributed by atoms with Crippen molar-refractivity contribution in [1.29, 1.82) is 0 Å². The summed E-state index contributed by atoms with van der Waals surface area (Å²) >= 11 is 0.617. The zero-order valence-electron chi connectivity index (χ0n) is 10.4. The highest BCUT2D eigenvalue weighted by Crippen LogP contribution is 2.46. The van der Waals surface area contributed by atoms with Gasteiger partial charge in [-0.25, -0.2) is 0 Å². The van der Waals surface area contributed by atoms with Gasteiger partial charge in [0.25, 0.3) is 0 Å². The van der Waals surface area contributed by atoms with E-state index in [1.54, 1.807) is 12.1 Å². The first-order chi connectivity index (χ1) is 8.70. The lowest BCUT2D eigenvalue weighted by Crippen LogP contribution is -2.41. The second kappa shape index (κ2) is 4.74. The van der Waals surface area contributed by atoms with Crippen molar-refractivity contribution < 1.29 is 23.1 Å². The van der Waals surface area contributed by atoms with E-state index >= 15 is 0 Å². The van der Waals surface area contributed by atoms with E-state index in [1.165, 1.54) is 0 Å². The number of halogens is 3. The molecule has 2 atom stereocenters. The Morgan fingerprint density at radius 3 is 2.42 bits per heavy atom. The Balaban J connectivity index is 2.45. The van der Waals surface area contributed by atoms with E-state index in [-0.39, 0.29) is 6.42 Å². The van der Waals surface area contributed by atoms with Crippen LogP contribution in [0.15, 0.2) is 17.0 Å². The van der Waals surface area contributed by atoms with Gasteiger partial charge in [0, 0.05) is 4.90 Å². The fraction of sp³-hybridized carbons (Fsp3) is 0.462. The van der Waals surface area contributed by atoms with Gasteiger partial charge in [0.2, 0.25) is 0 Å². The van der Waals surface area contributed by atoms with Gasteiger partial charge in [0.05, 0.1) is 5.92 Å². The smallest absolute Gasteiger partial charge is 0.401 e. The van der Waals surface area contributed by atoms with E-state index < -0.39 is 23.3 Å². The van der Waals surface area contributed by atoms with Gasteiger partial charge in [0.1, 0.15) is 5.25 Å². The number of carbonyl (C=O) groups is 1. The topological polar surface area (TPSA) is 37.3 Å². The largest absolute Gasteiger partial charge is 0.481 e. The van der Waals surface area contributed by atoms with Gasteiger partial charge < -0.3 is 5.11 Å². The third kappa shape index (κ3) is 2.73. The van der Waals surface area contributed by atoms with Gasteiger partial charge in [-0.1, -0.05) is 6.07 Å². The lowest BCUT2D eigenvalue weighted by atomic mass is 9.93. The van der Waals surface area contributed by atoms with E-state index in [0.29, 0.717) is 22.2 Å². The van der Waals surface area contributed by atoms with Crippen molar-refractivity contribution in [2.24, 2.45) is 5.92 Å². The molecule has 19 heavy (non-hydrogen) atoms. The van der Waals surface area contributed by atoms with E-state index in [0.717, 1.165) is 11.1 Å². The Kier molecular flexibility index (Phi) is 3.55. The first-order valence-electron chi connectivity index (χ1n) is 5.76. The number of fused-ring (bicyclic) bond motifs is 1. The van der Waals surface area contributed by atoms with Crippen molar-refractivity contribution >= 4 is 17.7 Å². The summed E-state index contributed by atoms with van der Waals surface area (Å²) in [4.78, 5) is 11.6. The molecule has 1 aliphatic heterocycles. The SMILES string of the molecule is Cc1cc2c(cc1C)S[C@H](C(F)(F)F)[C@@H](C(=O)O)C2. The molecule has 0 amide bonds. The van der Waals surface area contributed by atoms with Crippen LogP contribution in [0.3, 0.4) is 0 Å². The van der Waals surface area contributed by atoms with Gasteiger partial charge in [-0.2, -0.15) is 13.2 Å². The zero-order valence-corrected chi connectivity index (χ0v) is 11.2. The molecular formula is C13H13F3O2S. The Morgan fingerprint density at radius 2 is 1.89 bits per heavy atom. The second-order valence-corrected chi connectivity index (χ2v) is 5.96. The molecule has 1 aliphatic rings. The third-order valence-corrected chi connectivity index (χ3v) is 4.86. The molecule has 0 fully saturated rings. The van der Waals surface area contributed by atoms with Crippen molar-refractivity contribution in [2.45, 2.75) is 36.6 Å². The molecule has 0 spiro atoms. The molecule has 0 saturated carbocycles. The quantitative estimate of drug-likeness (QED) is 0.859. The predicted molar refractivity (Wildman–Crippen MR) is 66.4 cm³/mol. The monoisotopic (exact) mass is 290 g/mol. The average Bonchev–Trinajstić information content (AvgIpc) is 2.27. The highest BCUT2D eigenvalue weighted by Gasteiger charge is 2.50. The maximum Gasteiger partial charge on any atom is 0.401 e. The fourth-order valence-corrected chi connectivity index (χ4v) is 3.52. The van der Waals surface area contributed by atoms with Gasteiger partial charge >= 0.3 is 12.1 Å². The number of rotatable bonds is 1. The van der Waals surface area contributed by atoms with Crippen molar-refractivity contribution in [1.82, 2.24) is 0 Å². The number of aryl methyl sites for hydroxylation is 2. The standard InChI is InChI=1S/C13H13F3O2S/c1-6-3-8-5-9(12(17)18)11(13(14,15)16)19-10(8)4-7(6)2/h3-4,9,11H,5H2,1-2H3,(H,17,18)/t9-,11-/m0/s1. The van der Waals surface area contributed by atoms with Crippen LogP contribution in [0.25, 0.3) is 0 Å². The highest BCUT2D eigenvalue weighted by molar-refractivity contribution is 8.00. The summed E-state index contributed by atoms with van der Waals surface area (Å²) in [6.07, 6.45) is -4.58. The molecule has 1 aromatic carbocycles. The van der Waals surface area contributed by atoms with Crippen LogP contribution in [-0.2, 0) is 11.2 Å². The van der Waals surface area contributed by atoms with Crippen LogP contribution < -0.4 is 0 Å². The molecule has 0 aromatic heterocycles.